The van der Waals surface area contributed by atoms with Crippen LogP contribution >= 0.6 is 0 Å². The molecule has 0 amide bonds. The molecule has 1 aliphatic heterocycles. The Kier molecular flexibility index (Phi) is 3.43. The zero-order valence-corrected chi connectivity index (χ0v) is 10.1. The minimum absolute atomic E-state index is 0.0225. The van der Waals surface area contributed by atoms with Gasteiger partial charge in [0.2, 0.25) is 0 Å². The second kappa shape index (κ2) is 4.84. The lowest BCUT2D eigenvalue weighted by atomic mass is 9.97. The Morgan fingerprint density at radius 1 is 1.41 bits per heavy atom. The normalized spacial score (nSPS) is 19.5. The molecule has 17 heavy (non-hydrogen) atoms. The second-order valence-electron chi connectivity index (χ2n) is 4.45. The molecule has 1 aromatic heterocycles. The van der Waals surface area contributed by atoms with Crippen molar-refractivity contribution in [3.8, 4) is 0 Å². The standard InChI is InChI=1S/C13H16O4/c1-8-5-11(9(2)17-8)13(15)6-12(14)10-3-4-16-7-10/h5,10H,3-4,6-7H2,1-2H3. The predicted molar refractivity (Wildman–Crippen MR) is 61.1 cm³/mol. The zero-order valence-electron chi connectivity index (χ0n) is 10.1. The van der Waals surface area contributed by atoms with E-state index in [0.29, 0.717) is 30.3 Å². The number of carbonyl (C=O) groups is 2. The molecule has 1 atom stereocenters. The number of hydrogen-bond acceptors (Lipinski definition) is 4. The van der Waals surface area contributed by atoms with Crippen molar-refractivity contribution >= 4 is 11.6 Å². The Hall–Kier alpha value is -1.42. The highest BCUT2D eigenvalue weighted by Crippen LogP contribution is 2.19. The summed E-state index contributed by atoms with van der Waals surface area (Å²) in [5.41, 5.74) is 0.523. The first-order chi connectivity index (χ1) is 8.08. The van der Waals surface area contributed by atoms with E-state index in [-0.39, 0.29) is 23.9 Å². The Morgan fingerprint density at radius 3 is 2.71 bits per heavy atom. The van der Waals surface area contributed by atoms with Crippen LogP contribution in [0.2, 0.25) is 0 Å². The van der Waals surface area contributed by atoms with Crippen molar-refractivity contribution in [1.29, 1.82) is 0 Å². The van der Waals surface area contributed by atoms with Gasteiger partial charge in [-0.25, -0.2) is 0 Å². The molecule has 4 nitrogen and oxygen atoms in total. The molecule has 0 radical (unpaired) electrons. The van der Waals surface area contributed by atoms with E-state index >= 15 is 0 Å². The summed E-state index contributed by atoms with van der Waals surface area (Å²) in [6.45, 7) is 4.60. The van der Waals surface area contributed by atoms with Gasteiger partial charge < -0.3 is 9.15 Å². The van der Waals surface area contributed by atoms with E-state index in [1.54, 1.807) is 19.9 Å². The van der Waals surface area contributed by atoms with Gasteiger partial charge in [-0.3, -0.25) is 9.59 Å². The van der Waals surface area contributed by atoms with E-state index in [1.807, 2.05) is 0 Å². The molecular formula is C13H16O4. The van der Waals surface area contributed by atoms with Crippen LogP contribution in [0.4, 0.5) is 0 Å². The number of furan rings is 1. The van der Waals surface area contributed by atoms with Crippen LogP contribution in [0.3, 0.4) is 0 Å². The van der Waals surface area contributed by atoms with Crippen molar-refractivity contribution in [2.75, 3.05) is 13.2 Å². The van der Waals surface area contributed by atoms with Gasteiger partial charge in [0.1, 0.15) is 17.3 Å². The third-order valence-electron chi connectivity index (χ3n) is 3.06. The fourth-order valence-corrected chi connectivity index (χ4v) is 2.09. The van der Waals surface area contributed by atoms with Crippen molar-refractivity contribution in [2.45, 2.75) is 26.7 Å². The number of Topliss-reactive ketones (excluding diaryl/α,β-unsaturated/α-hetero) is 2. The van der Waals surface area contributed by atoms with E-state index in [1.165, 1.54) is 0 Å². The number of carbonyl (C=O) groups excluding carboxylic acids is 2. The van der Waals surface area contributed by atoms with Crippen LogP contribution in [0.15, 0.2) is 10.5 Å². The van der Waals surface area contributed by atoms with Gasteiger partial charge in [-0.15, -0.1) is 0 Å². The smallest absolute Gasteiger partial charge is 0.173 e. The highest BCUT2D eigenvalue weighted by atomic mass is 16.5. The van der Waals surface area contributed by atoms with Gasteiger partial charge in [0.05, 0.1) is 18.6 Å². The molecule has 2 rings (SSSR count). The Bertz CT molecular complexity index is 438. The molecule has 4 heteroatoms. The molecule has 0 bridgehead atoms. The third kappa shape index (κ3) is 2.64. The minimum Gasteiger partial charge on any atom is -0.466 e. The molecule has 2 heterocycles. The summed E-state index contributed by atoms with van der Waals surface area (Å²) >= 11 is 0. The lowest BCUT2D eigenvalue weighted by molar-refractivity contribution is -0.121. The Morgan fingerprint density at radius 2 is 2.18 bits per heavy atom. The SMILES string of the molecule is Cc1cc(C(=O)CC(=O)C2CCOC2)c(C)o1. The van der Waals surface area contributed by atoms with Crippen molar-refractivity contribution in [1.82, 2.24) is 0 Å². The highest BCUT2D eigenvalue weighted by Gasteiger charge is 2.26. The Balaban J connectivity index is 2.01. The van der Waals surface area contributed by atoms with E-state index in [9.17, 15) is 9.59 Å². The maximum Gasteiger partial charge on any atom is 0.173 e. The summed E-state index contributed by atoms with van der Waals surface area (Å²) in [4.78, 5) is 23.7. The molecule has 0 aromatic carbocycles. The number of ketones is 2. The molecule has 0 aliphatic carbocycles. The molecule has 1 unspecified atom stereocenters. The molecule has 1 aliphatic rings. The number of hydrogen-bond donors (Lipinski definition) is 0. The summed E-state index contributed by atoms with van der Waals surface area (Å²) in [6.07, 6.45) is 0.684. The van der Waals surface area contributed by atoms with Crippen LogP contribution in [-0.2, 0) is 9.53 Å². The largest absolute Gasteiger partial charge is 0.466 e. The van der Waals surface area contributed by atoms with Crippen molar-refractivity contribution in [2.24, 2.45) is 5.92 Å². The predicted octanol–water partition coefficient (Wildman–Crippen LogP) is 2.07. The molecule has 0 spiro atoms. The topological polar surface area (TPSA) is 56.5 Å². The number of rotatable bonds is 4. The van der Waals surface area contributed by atoms with E-state index in [0.717, 1.165) is 6.42 Å². The van der Waals surface area contributed by atoms with Crippen LogP contribution in [0.1, 0.15) is 34.7 Å². The number of ether oxygens (including phenoxy) is 1. The average Bonchev–Trinajstić information content (AvgIpc) is 2.87. The van der Waals surface area contributed by atoms with Gasteiger partial charge in [-0.1, -0.05) is 0 Å². The molecule has 1 fully saturated rings. The molecule has 0 N–H and O–H groups in total. The van der Waals surface area contributed by atoms with Crippen molar-refractivity contribution < 1.29 is 18.7 Å². The van der Waals surface area contributed by atoms with E-state index in [4.69, 9.17) is 9.15 Å². The molecule has 92 valence electrons. The average molecular weight is 236 g/mol. The second-order valence-corrected chi connectivity index (χ2v) is 4.45. The van der Waals surface area contributed by atoms with Crippen LogP contribution in [0, 0.1) is 19.8 Å². The fraction of sp³-hybridized carbons (Fsp3) is 0.538. The zero-order chi connectivity index (χ0) is 12.4. The molecule has 1 saturated heterocycles. The van der Waals surface area contributed by atoms with Gasteiger partial charge in [0, 0.05) is 12.5 Å². The number of aryl methyl sites for hydroxylation is 2. The van der Waals surface area contributed by atoms with Gasteiger partial charge >= 0.3 is 0 Å². The van der Waals surface area contributed by atoms with Crippen molar-refractivity contribution in [3.05, 3.63) is 23.2 Å². The Labute approximate surface area is 99.9 Å². The first-order valence-electron chi connectivity index (χ1n) is 5.78. The summed E-state index contributed by atoms with van der Waals surface area (Å²) in [5, 5.41) is 0. The molecular weight excluding hydrogens is 220 g/mol. The van der Waals surface area contributed by atoms with Crippen molar-refractivity contribution in [3.63, 3.8) is 0 Å². The van der Waals surface area contributed by atoms with Gasteiger partial charge in [-0.2, -0.15) is 0 Å². The van der Waals surface area contributed by atoms with Gasteiger partial charge in [0.15, 0.2) is 5.78 Å². The van der Waals surface area contributed by atoms with Crippen LogP contribution < -0.4 is 0 Å². The maximum atomic E-state index is 11.9. The van der Waals surface area contributed by atoms with E-state index < -0.39 is 0 Å². The minimum atomic E-state index is -0.156. The monoisotopic (exact) mass is 236 g/mol. The summed E-state index contributed by atoms with van der Waals surface area (Å²) in [5.74, 6) is 1.000. The summed E-state index contributed by atoms with van der Waals surface area (Å²) < 4.78 is 10.4. The summed E-state index contributed by atoms with van der Waals surface area (Å²) in [7, 11) is 0. The maximum absolute atomic E-state index is 11.9. The fourth-order valence-electron chi connectivity index (χ4n) is 2.09. The molecule has 0 saturated carbocycles. The van der Waals surface area contributed by atoms with Gasteiger partial charge in [0.25, 0.3) is 0 Å². The highest BCUT2D eigenvalue weighted by molar-refractivity contribution is 6.09. The van der Waals surface area contributed by atoms with Crippen LogP contribution in [0.25, 0.3) is 0 Å². The van der Waals surface area contributed by atoms with Gasteiger partial charge in [-0.05, 0) is 26.3 Å². The lowest BCUT2D eigenvalue weighted by Crippen LogP contribution is -2.18. The lowest BCUT2D eigenvalue weighted by Gasteiger charge is -2.04. The van der Waals surface area contributed by atoms with E-state index in [2.05, 4.69) is 0 Å². The quantitative estimate of drug-likeness (QED) is 0.593. The molecule has 1 aromatic rings. The van der Waals surface area contributed by atoms with Crippen LogP contribution in [-0.4, -0.2) is 24.8 Å². The third-order valence-corrected chi connectivity index (χ3v) is 3.06. The first-order valence-corrected chi connectivity index (χ1v) is 5.78. The first kappa shape index (κ1) is 12.0. The van der Waals surface area contributed by atoms with Crippen LogP contribution in [0.5, 0.6) is 0 Å². The summed E-state index contributed by atoms with van der Waals surface area (Å²) in [6, 6.07) is 1.69.